The van der Waals surface area contributed by atoms with Gasteiger partial charge in [0.25, 0.3) is 6.33 Å². The van der Waals surface area contributed by atoms with Gasteiger partial charge in [-0.2, -0.15) is 0 Å². The first-order chi connectivity index (χ1) is 35.0. The number of fused-ring (bicyclic) bond motifs is 4. The van der Waals surface area contributed by atoms with E-state index >= 15 is 0 Å². The topological polar surface area (TPSA) is 35.9 Å². The van der Waals surface area contributed by atoms with Crippen LogP contribution in [0.25, 0.3) is 83.4 Å². The van der Waals surface area contributed by atoms with Crippen LogP contribution in [0.4, 0.5) is 0 Å². The van der Waals surface area contributed by atoms with Gasteiger partial charge in [0.05, 0.1) is 47.1 Å². The lowest BCUT2D eigenvalue weighted by atomic mass is 9.88. The lowest BCUT2D eigenvalue weighted by molar-refractivity contribution is -0.571. The summed E-state index contributed by atoms with van der Waals surface area (Å²) in [6.07, 6.45) is 5.39. The van der Waals surface area contributed by atoms with E-state index in [0.717, 1.165) is 44.3 Å². The third kappa shape index (κ3) is 6.84. The maximum Gasteiger partial charge on any atom is 0.269 e. The van der Waals surface area contributed by atoms with Gasteiger partial charge in [0.1, 0.15) is 17.3 Å². The van der Waals surface area contributed by atoms with Crippen molar-refractivity contribution in [2.75, 3.05) is 0 Å². The minimum atomic E-state index is -0.572. The van der Waals surface area contributed by atoms with Crippen molar-refractivity contribution >= 4 is 32.8 Å². The highest BCUT2D eigenvalue weighted by Crippen LogP contribution is 2.39. The highest BCUT2D eigenvalue weighted by molar-refractivity contribution is 6.09. The molecule has 0 N–H and O–H groups in total. The Balaban J connectivity index is 1.14. The smallest absolute Gasteiger partial charge is 0.269 e. The number of pyridine rings is 1. The molecule has 11 rings (SSSR count). The number of imidazole rings is 1. The quantitative estimate of drug-likeness (QED) is 0.113. The number of hydrogen-bond acceptors (Lipinski definition) is 2. The summed E-state index contributed by atoms with van der Waals surface area (Å²) in [5.41, 5.74) is 6.67. The predicted molar refractivity (Wildman–Crippen MR) is 257 cm³/mol. The van der Waals surface area contributed by atoms with E-state index in [1.54, 1.807) is 22.8 Å². The van der Waals surface area contributed by atoms with Crippen LogP contribution in [0.5, 0.6) is 11.5 Å². The average Bonchev–Trinajstić information content (AvgIpc) is 3.95. The molecule has 63 heavy (non-hydrogen) atoms. The molecule has 302 valence electrons. The first-order valence-electron chi connectivity index (χ1n) is 25.6. The van der Waals surface area contributed by atoms with Crippen molar-refractivity contribution in [2.24, 2.45) is 0 Å². The third-order valence-electron chi connectivity index (χ3n) is 11.4. The van der Waals surface area contributed by atoms with Gasteiger partial charge in [-0.05, 0) is 92.9 Å². The lowest BCUT2D eigenvalue weighted by Crippen LogP contribution is -2.31. The number of benzene rings is 8. The summed E-state index contributed by atoms with van der Waals surface area (Å²) in [7, 11) is 0. The Morgan fingerprint density at radius 3 is 1.97 bits per heavy atom. The van der Waals surface area contributed by atoms with Gasteiger partial charge in [0.15, 0.2) is 0 Å². The van der Waals surface area contributed by atoms with Crippen LogP contribution in [0.2, 0.25) is 0 Å². The Morgan fingerprint density at radius 2 is 1.22 bits per heavy atom. The molecule has 0 unspecified atom stereocenters. The zero-order valence-electron chi connectivity index (χ0n) is 44.6. The Labute approximate surface area is 381 Å². The zero-order valence-corrected chi connectivity index (χ0v) is 34.6. The highest BCUT2D eigenvalue weighted by atomic mass is 16.5. The molecule has 0 spiro atoms. The van der Waals surface area contributed by atoms with E-state index in [0.29, 0.717) is 28.2 Å². The molecule has 8 aromatic carbocycles. The molecule has 5 nitrogen and oxygen atoms in total. The fourth-order valence-electron chi connectivity index (χ4n) is 8.41. The van der Waals surface area contributed by atoms with Gasteiger partial charge in [-0.25, -0.2) is 4.98 Å². The van der Waals surface area contributed by atoms with Crippen molar-refractivity contribution in [3.8, 4) is 62.1 Å². The highest BCUT2D eigenvalue weighted by Gasteiger charge is 2.23. The minimum absolute atomic E-state index is 0.0975. The summed E-state index contributed by atoms with van der Waals surface area (Å²) in [6.45, 7) is 6.54. The second kappa shape index (κ2) is 15.5. The number of para-hydroxylation sites is 3. The molecule has 0 aliphatic heterocycles. The molecule has 0 fully saturated rings. The van der Waals surface area contributed by atoms with Crippen LogP contribution < -0.4 is 9.30 Å². The van der Waals surface area contributed by atoms with Crippen LogP contribution in [0.3, 0.4) is 0 Å². The second-order valence-electron chi connectivity index (χ2n) is 16.3. The number of ether oxygens (including phenoxy) is 1. The summed E-state index contributed by atoms with van der Waals surface area (Å²) in [5.74, 6) is 1.88. The fourth-order valence-corrected chi connectivity index (χ4v) is 8.41. The Hall–Kier alpha value is -8.02. The first-order valence-corrected chi connectivity index (χ1v) is 20.6. The Bertz CT molecular complexity index is 3920. The standard InChI is InChI=1S/C58H44N4O/c1-58(2,3)43-34-35-59-55(36-43)62-52-30-14-13-26-50(52)51-33-32-46(38-54(51)62)63-45-25-15-24-44(37-45)60-39-61(53-31-17-29-49(57(53)60)42-22-11-6-12-23-42)56-47(40-18-7-4-8-19-40)27-16-28-48(56)41-20-9-5-10-21-41/h4-38H,1-3H3/i4D,5D,7D,8D,9D,10D,18D,19D,20D,21D. The van der Waals surface area contributed by atoms with Crippen LogP contribution in [0.1, 0.15) is 40.0 Å². The number of rotatable bonds is 8. The normalized spacial score (nSPS) is 14.0. The van der Waals surface area contributed by atoms with E-state index in [-0.39, 0.29) is 33.4 Å². The van der Waals surface area contributed by atoms with Gasteiger partial charge in [-0.1, -0.05) is 172 Å². The molecule has 0 aliphatic carbocycles. The summed E-state index contributed by atoms with van der Waals surface area (Å²) < 4.78 is 100. The molecule has 0 amide bonds. The summed E-state index contributed by atoms with van der Waals surface area (Å²) in [4.78, 5) is 4.84. The van der Waals surface area contributed by atoms with Gasteiger partial charge in [0, 0.05) is 23.0 Å². The van der Waals surface area contributed by atoms with E-state index in [1.165, 1.54) is 0 Å². The molecule has 0 bridgehead atoms. The molecule has 0 radical (unpaired) electrons. The average molecular weight is 823 g/mol. The molecule has 0 saturated heterocycles. The van der Waals surface area contributed by atoms with E-state index < -0.39 is 60.4 Å². The second-order valence-corrected chi connectivity index (χ2v) is 16.3. The number of nitrogens with zero attached hydrogens (tertiary/aromatic N) is 4. The van der Waals surface area contributed by atoms with E-state index in [9.17, 15) is 0 Å². The summed E-state index contributed by atoms with van der Waals surface area (Å²) >= 11 is 0. The third-order valence-corrected chi connectivity index (χ3v) is 11.4. The van der Waals surface area contributed by atoms with Gasteiger partial charge < -0.3 is 4.74 Å². The van der Waals surface area contributed by atoms with Crippen LogP contribution >= 0.6 is 0 Å². The molecule has 0 saturated carbocycles. The Kier molecular flexibility index (Phi) is 7.00. The van der Waals surface area contributed by atoms with Gasteiger partial charge in [-0.15, -0.1) is 0 Å². The van der Waals surface area contributed by atoms with Crippen molar-refractivity contribution in [1.29, 1.82) is 0 Å². The lowest BCUT2D eigenvalue weighted by Gasteiger charge is -2.20. The van der Waals surface area contributed by atoms with E-state index in [4.69, 9.17) is 23.4 Å². The largest absolute Gasteiger partial charge is 0.458 e. The summed E-state index contributed by atoms with van der Waals surface area (Å²) in [6, 6.07) is 41.0. The Morgan fingerprint density at radius 1 is 0.571 bits per heavy atom. The predicted octanol–water partition coefficient (Wildman–Crippen LogP) is 14.3. The maximum absolute atomic E-state index is 9.14. The van der Waals surface area contributed by atoms with Crippen molar-refractivity contribution in [1.82, 2.24) is 14.1 Å². The van der Waals surface area contributed by atoms with E-state index in [2.05, 4.69) is 55.9 Å². The molecule has 3 aromatic heterocycles. The van der Waals surface area contributed by atoms with Crippen molar-refractivity contribution in [3.63, 3.8) is 0 Å². The minimum Gasteiger partial charge on any atom is -0.458 e. The molecule has 0 atom stereocenters. The van der Waals surface area contributed by atoms with Crippen LogP contribution in [-0.4, -0.2) is 14.1 Å². The van der Waals surface area contributed by atoms with Crippen LogP contribution in [-0.2, 0) is 5.41 Å². The summed E-state index contributed by atoms with van der Waals surface area (Å²) in [5, 5.41) is 2.12. The maximum atomic E-state index is 9.14. The fraction of sp³-hybridized carbons (Fsp3) is 0.0690. The van der Waals surface area contributed by atoms with Gasteiger partial charge in [0.2, 0.25) is 0 Å². The zero-order chi connectivity index (χ0) is 51.2. The monoisotopic (exact) mass is 822 g/mol. The number of hydrogen-bond donors (Lipinski definition) is 0. The van der Waals surface area contributed by atoms with E-state index in [1.807, 2.05) is 114 Å². The van der Waals surface area contributed by atoms with Crippen LogP contribution in [0.15, 0.2) is 212 Å². The molecule has 0 aliphatic rings. The van der Waals surface area contributed by atoms with Gasteiger partial charge in [-0.3, -0.25) is 13.7 Å². The number of aromatic nitrogens is 4. The molecule has 11 aromatic rings. The van der Waals surface area contributed by atoms with Crippen LogP contribution in [0, 0.1) is 6.33 Å². The first kappa shape index (κ1) is 28.5. The molecular weight excluding hydrogens is 769 g/mol. The van der Waals surface area contributed by atoms with Gasteiger partial charge >= 0.3 is 0 Å². The van der Waals surface area contributed by atoms with Crippen molar-refractivity contribution in [3.05, 3.63) is 224 Å². The SMILES string of the molecule is [2H]c1c([2H])c([2H])c(-c2cccc(-c3c([2H])c([2H])c([2H])c([2H])c3[2H])c2-[n+]2[c-]n(-c3cccc(Oc4ccc5c6ccccc6n(-c6cc(C(C)(C)C)ccn6)c5c4)c3)c3c(-c4ccccc4)cccc32)c([2H])c1[2H]. The van der Waals surface area contributed by atoms with Crippen molar-refractivity contribution in [2.45, 2.75) is 26.2 Å². The molecular formula is C58H44N4O. The molecule has 3 heterocycles. The van der Waals surface area contributed by atoms with Crippen molar-refractivity contribution < 1.29 is 23.0 Å². The molecule has 5 heteroatoms.